The van der Waals surface area contributed by atoms with Crippen LogP contribution in [0.1, 0.15) is 31.2 Å². The van der Waals surface area contributed by atoms with E-state index >= 15 is 0 Å². The third-order valence-corrected chi connectivity index (χ3v) is 6.27. The van der Waals surface area contributed by atoms with Crippen molar-refractivity contribution in [2.45, 2.75) is 0 Å². The van der Waals surface area contributed by atoms with Crippen LogP contribution in [0.3, 0.4) is 0 Å². The topological polar surface area (TPSA) is 100 Å². The Labute approximate surface area is 230 Å². The van der Waals surface area contributed by atoms with Crippen molar-refractivity contribution in [3.63, 3.8) is 0 Å². The van der Waals surface area contributed by atoms with E-state index in [-0.39, 0.29) is 5.70 Å². The molecule has 3 aromatic carbocycles. The number of hydrogen-bond donors (Lipinski definition) is 2. The molecule has 2 amide bonds. The van der Waals surface area contributed by atoms with E-state index < -0.39 is 17.8 Å². The first kappa shape index (κ1) is 27.0. The van der Waals surface area contributed by atoms with Gasteiger partial charge in [0.05, 0.1) is 6.21 Å². The van der Waals surface area contributed by atoms with Gasteiger partial charge in [0, 0.05) is 25.3 Å². The second-order valence-corrected chi connectivity index (χ2v) is 9.45. The van der Waals surface area contributed by atoms with Crippen molar-refractivity contribution in [3.05, 3.63) is 124 Å². The summed E-state index contributed by atoms with van der Waals surface area (Å²) < 4.78 is 5.40. The van der Waals surface area contributed by atoms with Crippen molar-refractivity contribution in [2.24, 2.45) is 5.10 Å². The van der Waals surface area contributed by atoms with Gasteiger partial charge in [-0.05, 0) is 65.0 Å². The maximum Gasteiger partial charge on any atom is 0.353 e. The normalized spacial score (nSPS) is 11.2. The van der Waals surface area contributed by atoms with Gasteiger partial charge in [-0.15, -0.1) is 11.3 Å². The van der Waals surface area contributed by atoms with E-state index in [0.717, 1.165) is 11.3 Å². The first-order valence-electron chi connectivity index (χ1n) is 11.9. The number of anilines is 1. The number of carbonyl (C=O) groups excluding carboxylic acids is 3. The Bertz CT molecular complexity index is 1500. The number of rotatable bonds is 9. The molecule has 1 heterocycles. The summed E-state index contributed by atoms with van der Waals surface area (Å²) in [5.41, 5.74) is 5.22. The second kappa shape index (κ2) is 13.0. The molecule has 0 bridgehead atoms. The molecule has 0 aliphatic carbocycles. The fourth-order valence-electron chi connectivity index (χ4n) is 3.41. The first-order valence-corrected chi connectivity index (χ1v) is 12.8. The smallest absolute Gasteiger partial charge is 0.353 e. The number of ether oxygens (including phenoxy) is 1. The van der Waals surface area contributed by atoms with E-state index in [2.05, 4.69) is 15.8 Å². The van der Waals surface area contributed by atoms with Crippen LogP contribution < -0.4 is 20.4 Å². The zero-order valence-corrected chi connectivity index (χ0v) is 22.1. The molecule has 0 spiro atoms. The van der Waals surface area contributed by atoms with E-state index in [1.807, 2.05) is 43.3 Å². The lowest BCUT2D eigenvalue weighted by molar-refractivity contribution is -0.117. The van der Waals surface area contributed by atoms with Gasteiger partial charge in [-0.2, -0.15) is 5.10 Å². The van der Waals surface area contributed by atoms with Crippen LogP contribution in [0, 0.1) is 0 Å². The monoisotopic (exact) mass is 538 g/mol. The highest BCUT2D eigenvalue weighted by Gasteiger charge is 2.14. The average molecular weight is 539 g/mol. The van der Waals surface area contributed by atoms with Gasteiger partial charge in [0.1, 0.15) is 16.3 Å². The Morgan fingerprint density at radius 3 is 2.33 bits per heavy atom. The largest absolute Gasteiger partial charge is 0.422 e. The van der Waals surface area contributed by atoms with Gasteiger partial charge in [-0.3, -0.25) is 9.59 Å². The van der Waals surface area contributed by atoms with Crippen LogP contribution in [0.4, 0.5) is 5.69 Å². The summed E-state index contributed by atoms with van der Waals surface area (Å²) in [7, 11) is 3.87. The molecule has 0 unspecified atom stereocenters. The Kier molecular flexibility index (Phi) is 8.99. The van der Waals surface area contributed by atoms with Crippen LogP contribution in [0.5, 0.6) is 5.75 Å². The number of hydrazone groups is 1. The van der Waals surface area contributed by atoms with Gasteiger partial charge in [0.2, 0.25) is 0 Å². The second-order valence-electron chi connectivity index (χ2n) is 8.50. The molecule has 0 aliphatic rings. The molecule has 4 rings (SSSR count). The predicted octanol–water partition coefficient (Wildman–Crippen LogP) is 4.95. The summed E-state index contributed by atoms with van der Waals surface area (Å²) in [4.78, 5) is 40.5. The van der Waals surface area contributed by atoms with Crippen molar-refractivity contribution in [1.29, 1.82) is 0 Å². The van der Waals surface area contributed by atoms with E-state index in [9.17, 15) is 14.4 Å². The standard InChI is InChI=1S/C30H26N4O4S/c1-34(2)24-15-13-21(14-16-24)19-26(32-28(35)23-9-4-3-5-10-23)29(36)33-31-20-22-8-6-11-25(18-22)38-30(37)27-12-7-17-39-27/h3-20H,1-2H3,(H,32,35)(H,33,36)/b26-19-,31-20+. The van der Waals surface area contributed by atoms with Crippen molar-refractivity contribution in [1.82, 2.24) is 10.7 Å². The molecule has 8 nitrogen and oxygen atoms in total. The summed E-state index contributed by atoms with van der Waals surface area (Å²) in [6.07, 6.45) is 3.00. The molecular weight excluding hydrogens is 512 g/mol. The van der Waals surface area contributed by atoms with Gasteiger partial charge in [-0.25, -0.2) is 10.2 Å². The van der Waals surface area contributed by atoms with E-state index in [1.165, 1.54) is 17.6 Å². The summed E-state index contributed by atoms with van der Waals surface area (Å²) in [6.45, 7) is 0. The van der Waals surface area contributed by atoms with E-state index in [0.29, 0.717) is 21.8 Å². The molecule has 4 aromatic rings. The average Bonchev–Trinajstić information content (AvgIpc) is 3.49. The first-order chi connectivity index (χ1) is 18.9. The van der Waals surface area contributed by atoms with Gasteiger partial charge < -0.3 is 15.0 Å². The maximum atomic E-state index is 13.0. The Hall–Kier alpha value is -5.02. The van der Waals surface area contributed by atoms with Crippen LogP contribution in [-0.2, 0) is 4.79 Å². The predicted molar refractivity (Wildman–Crippen MR) is 154 cm³/mol. The molecule has 0 radical (unpaired) electrons. The third kappa shape index (κ3) is 7.73. The van der Waals surface area contributed by atoms with Crippen molar-refractivity contribution >= 4 is 47.1 Å². The molecule has 0 atom stereocenters. The van der Waals surface area contributed by atoms with Crippen LogP contribution >= 0.6 is 11.3 Å². The summed E-state index contributed by atoms with van der Waals surface area (Å²) in [5, 5.41) is 8.51. The highest BCUT2D eigenvalue weighted by atomic mass is 32.1. The number of nitrogens with one attached hydrogen (secondary N) is 2. The Morgan fingerprint density at radius 2 is 1.64 bits per heavy atom. The van der Waals surface area contributed by atoms with Crippen molar-refractivity contribution in [2.75, 3.05) is 19.0 Å². The Balaban J connectivity index is 1.48. The minimum Gasteiger partial charge on any atom is -0.422 e. The van der Waals surface area contributed by atoms with Crippen LogP contribution in [0.2, 0.25) is 0 Å². The third-order valence-electron chi connectivity index (χ3n) is 5.42. The molecule has 2 N–H and O–H groups in total. The van der Waals surface area contributed by atoms with E-state index in [1.54, 1.807) is 78.2 Å². The number of benzene rings is 3. The lowest BCUT2D eigenvalue weighted by atomic mass is 10.1. The lowest BCUT2D eigenvalue weighted by Gasteiger charge is -2.12. The summed E-state index contributed by atoms with van der Waals surface area (Å²) >= 11 is 1.29. The van der Waals surface area contributed by atoms with Crippen LogP contribution in [0.25, 0.3) is 6.08 Å². The number of hydrogen-bond acceptors (Lipinski definition) is 7. The fourth-order valence-corrected chi connectivity index (χ4v) is 4.01. The number of thiophene rings is 1. The van der Waals surface area contributed by atoms with Crippen LogP contribution in [-0.4, -0.2) is 38.1 Å². The molecule has 0 fully saturated rings. The molecule has 196 valence electrons. The molecular formula is C30H26N4O4S. The van der Waals surface area contributed by atoms with Gasteiger partial charge in [0.25, 0.3) is 11.8 Å². The number of esters is 1. The fraction of sp³-hybridized carbons (Fsp3) is 0.0667. The quantitative estimate of drug-likeness (QED) is 0.103. The molecule has 9 heteroatoms. The SMILES string of the molecule is CN(C)c1ccc(/C=C(\NC(=O)c2ccccc2)C(=O)N/N=C/c2cccc(OC(=O)c3cccs3)c2)cc1. The maximum absolute atomic E-state index is 13.0. The van der Waals surface area contributed by atoms with Crippen molar-refractivity contribution in [3.8, 4) is 5.75 Å². The number of amides is 2. The minimum atomic E-state index is -0.604. The van der Waals surface area contributed by atoms with Gasteiger partial charge in [-0.1, -0.05) is 48.5 Å². The van der Waals surface area contributed by atoms with E-state index in [4.69, 9.17) is 4.74 Å². The highest BCUT2D eigenvalue weighted by molar-refractivity contribution is 7.12. The molecule has 39 heavy (non-hydrogen) atoms. The molecule has 0 saturated carbocycles. The minimum absolute atomic E-state index is 0.0252. The highest BCUT2D eigenvalue weighted by Crippen LogP contribution is 2.17. The molecule has 1 aromatic heterocycles. The lowest BCUT2D eigenvalue weighted by Crippen LogP contribution is -2.32. The zero-order valence-electron chi connectivity index (χ0n) is 21.3. The van der Waals surface area contributed by atoms with Crippen LogP contribution in [0.15, 0.2) is 107 Å². The summed E-state index contributed by atoms with van der Waals surface area (Å²) in [6, 6.07) is 26.3. The molecule has 0 aliphatic heterocycles. The molecule has 0 saturated heterocycles. The number of carbonyl (C=O) groups is 3. The van der Waals surface area contributed by atoms with Gasteiger partial charge in [0.15, 0.2) is 0 Å². The van der Waals surface area contributed by atoms with Gasteiger partial charge >= 0.3 is 5.97 Å². The Morgan fingerprint density at radius 1 is 0.872 bits per heavy atom. The van der Waals surface area contributed by atoms with Crippen molar-refractivity contribution < 1.29 is 19.1 Å². The zero-order chi connectivity index (χ0) is 27.6. The number of nitrogens with zero attached hydrogens (tertiary/aromatic N) is 2. The summed E-state index contributed by atoms with van der Waals surface area (Å²) in [5.74, 6) is -1.13.